The Morgan fingerprint density at radius 3 is 2.84 bits per heavy atom. The minimum absolute atomic E-state index is 0.0233. The molecule has 3 aromatic rings. The predicted octanol–water partition coefficient (Wildman–Crippen LogP) is 3.16. The highest BCUT2D eigenvalue weighted by atomic mass is 32.1. The molecular formula is C15H15N3S. The Bertz CT molecular complexity index is 705. The zero-order valence-corrected chi connectivity index (χ0v) is 11.4. The van der Waals surface area contributed by atoms with Gasteiger partial charge in [0.05, 0.1) is 6.04 Å². The summed E-state index contributed by atoms with van der Waals surface area (Å²) in [6, 6.07) is 10.4. The van der Waals surface area contributed by atoms with Crippen molar-refractivity contribution in [1.82, 2.24) is 10.4 Å². The molecule has 3 nitrogen and oxygen atoms in total. The molecule has 0 bridgehead atoms. The number of hydrogen-bond donors (Lipinski definition) is 2. The van der Waals surface area contributed by atoms with Crippen LogP contribution >= 0.6 is 11.3 Å². The normalized spacial score (nSPS) is 12.7. The second kappa shape index (κ2) is 5.09. The molecule has 1 atom stereocenters. The van der Waals surface area contributed by atoms with Gasteiger partial charge in [0, 0.05) is 17.1 Å². The largest absolute Gasteiger partial charge is 0.271 e. The molecule has 1 unspecified atom stereocenters. The number of pyridine rings is 1. The molecule has 1 aromatic carbocycles. The van der Waals surface area contributed by atoms with Gasteiger partial charge in [-0.1, -0.05) is 18.2 Å². The van der Waals surface area contributed by atoms with Crippen LogP contribution in [0.5, 0.6) is 0 Å². The number of hydrazine groups is 1. The summed E-state index contributed by atoms with van der Waals surface area (Å²) >= 11 is 1.74. The zero-order valence-electron chi connectivity index (χ0n) is 10.6. The van der Waals surface area contributed by atoms with Crippen molar-refractivity contribution in [3.05, 3.63) is 64.8 Å². The Balaban J connectivity index is 2.15. The third-order valence-electron chi connectivity index (χ3n) is 3.38. The summed E-state index contributed by atoms with van der Waals surface area (Å²) in [4.78, 5) is 4.21. The van der Waals surface area contributed by atoms with Crippen LogP contribution in [0.2, 0.25) is 0 Å². The van der Waals surface area contributed by atoms with Crippen LogP contribution in [0.4, 0.5) is 0 Å². The Morgan fingerprint density at radius 1 is 1.21 bits per heavy atom. The molecule has 0 fully saturated rings. The standard InChI is InChI=1S/C15H15N3S/c1-10-6-7-17-8-12(10)15(18-16)13-9-19-14-5-3-2-4-11(13)14/h2-9,15,18H,16H2,1H3. The van der Waals surface area contributed by atoms with Gasteiger partial charge in [-0.25, -0.2) is 5.43 Å². The van der Waals surface area contributed by atoms with E-state index < -0.39 is 0 Å². The average Bonchev–Trinajstić information content (AvgIpc) is 2.86. The van der Waals surface area contributed by atoms with Crippen molar-refractivity contribution >= 4 is 21.4 Å². The predicted molar refractivity (Wildman–Crippen MR) is 80.0 cm³/mol. The number of benzene rings is 1. The van der Waals surface area contributed by atoms with Gasteiger partial charge in [-0.3, -0.25) is 10.8 Å². The van der Waals surface area contributed by atoms with Gasteiger partial charge < -0.3 is 0 Å². The highest BCUT2D eigenvalue weighted by Crippen LogP contribution is 2.33. The van der Waals surface area contributed by atoms with Crippen LogP contribution in [-0.2, 0) is 0 Å². The third-order valence-corrected chi connectivity index (χ3v) is 4.36. The molecule has 4 heteroatoms. The van der Waals surface area contributed by atoms with Gasteiger partial charge in [0.1, 0.15) is 0 Å². The first-order valence-corrected chi connectivity index (χ1v) is 7.02. The van der Waals surface area contributed by atoms with E-state index in [1.54, 1.807) is 17.5 Å². The summed E-state index contributed by atoms with van der Waals surface area (Å²) in [6.07, 6.45) is 3.68. The second-order valence-corrected chi connectivity index (χ2v) is 5.43. The number of thiophene rings is 1. The van der Waals surface area contributed by atoms with Crippen molar-refractivity contribution in [3.63, 3.8) is 0 Å². The quantitative estimate of drug-likeness (QED) is 0.567. The van der Waals surface area contributed by atoms with Gasteiger partial charge >= 0.3 is 0 Å². The molecule has 3 N–H and O–H groups in total. The van der Waals surface area contributed by atoms with Crippen LogP contribution in [-0.4, -0.2) is 4.98 Å². The van der Waals surface area contributed by atoms with Crippen LogP contribution in [0.25, 0.3) is 10.1 Å². The maximum Gasteiger partial charge on any atom is 0.0741 e. The summed E-state index contributed by atoms with van der Waals surface area (Å²) in [5, 5.41) is 3.42. The molecule has 0 radical (unpaired) electrons. The first-order chi connectivity index (χ1) is 9.31. The number of nitrogens with zero attached hydrogens (tertiary/aromatic N) is 1. The van der Waals surface area contributed by atoms with E-state index >= 15 is 0 Å². The molecule has 96 valence electrons. The van der Waals surface area contributed by atoms with Crippen LogP contribution in [0.15, 0.2) is 48.1 Å². The highest BCUT2D eigenvalue weighted by Gasteiger charge is 2.18. The molecule has 0 aliphatic heterocycles. The summed E-state index contributed by atoms with van der Waals surface area (Å²) < 4.78 is 1.28. The molecule has 0 spiro atoms. The van der Waals surface area contributed by atoms with E-state index in [-0.39, 0.29) is 6.04 Å². The topological polar surface area (TPSA) is 50.9 Å². The summed E-state index contributed by atoms with van der Waals surface area (Å²) in [6.45, 7) is 2.08. The number of fused-ring (bicyclic) bond motifs is 1. The number of aryl methyl sites for hydroxylation is 1. The Hall–Kier alpha value is -1.75. The summed E-state index contributed by atoms with van der Waals surface area (Å²) in [7, 11) is 0. The smallest absolute Gasteiger partial charge is 0.0741 e. The first-order valence-electron chi connectivity index (χ1n) is 6.14. The SMILES string of the molecule is Cc1ccncc1C(NN)c1csc2ccccc12. The van der Waals surface area contributed by atoms with Crippen molar-refractivity contribution in [2.45, 2.75) is 13.0 Å². The average molecular weight is 269 g/mol. The third kappa shape index (κ3) is 2.14. The maximum atomic E-state index is 5.78. The Labute approximate surface area is 116 Å². The fourth-order valence-electron chi connectivity index (χ4n) is 2.35. The van der Waals surface area contributed by atoms with E-state index in [9.17, 15) is 0 Å². The van der Waals surface area contributed by atoms with Gasteiger partial charge in [0.15, 0.2) is 0 Å². The molecule has 0 aliphatic carbocycles. The minimum Gasteiger partial charge on any atom is -0.271 e. The van der Waals surface area contributed by atoms with E-state index in [2.05, 4.69) is 47.0 Å². The van der Waals surface area contributed by atoms with Crippen LogP contribution in [0, 0.1) is 6.92 Å². The van der Waals surface area contributed by atoms with E-state index in [0.717, 1.165) is 5.56 Å². The van der Waals surface area contributed by atoms with Crippen LogP contribution < -0.4 is 11.3 Å². The van der Waals surface area contributed by atoms with Crippen LogP contribution in [0.3, 0.4) is 0 Å². The Kier molecular flexibility index (Phi) is 3.29. The van der Waals surface area contributed by atoms with Crippen molar-refractivity contribution in [2.75, 3.05) is 0 Å². The molecule has 0 saturated heterocycles. The minimum atomic E-state index is -0.0233. The number of nitrogens with two attached hydrogens (primary N) is 1. The van der Waals surface area contributed by atoms with E-state index in [4.69, 9.17) is 5.84 Å². The van der Waals surface area contributed by atoms with Crippen molar-refractivity contribution in [2.24, 2.45) is 5.84 Å². The molecule has 3 rings (SSSR count). The zero-order chi connectivity index (χ0) is 13.2. The van der Waals surface area contributed by atoms with E-state index in [1.165, 1.54) is 21.2 Å². The molecule has 19 heavy (non-hydrogen) atoms. The van der Waals surface area contributed by atoms with Crippen molar-refractivity contribution < 1.29 is 0 Å². The fraction of sp³-hybridized carbons (Fsp3) is 0.133. The van der Waals surface area contributed by atoms with Crippen LogP contribution in [0.1, 0.15) is 22.7 Å². The van der Waals surface area contributed by atoms with Gasteiger partial charge in [-0.15, -0.1) is 11.3 Å². The molecular weight excluding hydrogens is 254 g/mol. The molecule has 0 aliphatic rings. The number of rotatable bonds is 3. The molecule has 2 aromatic heterocycles. The maximum absolute atomic E-state index is 5.78. The highest BCUT2D eigenvalue weighted by molar-refractivity contribution is 7.17. The van der Waals surface area contributed by atoms with Gasteiger partial charge in [0.2, 0.25) is 0 Å². The molecule has 0 saturated carbocycles. The van der Waals surface area contributed by atoms with E-state index in [0.29, 0.717) is 0 Å². The van der Waals surface area contributed by atoms with Gasteiger partial charge in [-0.05, 0) is 46.5 Å². The van der Waals surface area contributed by atoms with Gasteiger partial charge in [-0.2, -0.15) is 0 Å². The lowest BCUT2D eigenvalue weighted by Crippen LogP contribution is -2.29. The lowest BCUT2D eigenvalue weighted by molar-refractivity contribution is 0.637. The number of hydrogen-bond acceptors (Lipinski definition) is 4. The Morgan fingerprint density at radius 2 is 2.05 bits per heavy atom. The summed E-state index contributed by atoms with van der Waals surface area (Å²) in [5.74, 6) is 5.78. The van der Waals surface area contributed by atoms with Gasteiger partial charge in [0.25, 0.3) is 0 Å². The van der Waals surface area contributed by atoms with Crippen molar-refractivity contribution in [3.8, 4) is 0 Å². The fourth-order valence-corrected chi connectivity index (χ4v) is 3.33. The molecule has 2 heterocycles. The monoisotopic (exact) mass is 269 g/mol. The van der Waals surface area contributed by atoms with Crippen molar-refractivity contribution in [1.29, 1.82) is 0 Å². The number of nitrogens with one attached hydrogen (secondary N) is 1. The summed E-state index contributed by atoms with van der Waals surface area (Å²) in [5.41, 5.74) is 6.44. The number of aromatic nitrogens is 1. The second-order valence-electron chi connectivity index (χ2n) is 4.52. The first kappa shape index (κ1) is 12.3. The molecule has 0 amide bonds. The van der Waals surface area contributed by atoms with E-state index in [1.807, 2.05) is 12.3 Å². The lowest BCUT2D eigenvalue weighted by Gasteiger charge is -2.17. The lowest BCUT2D eigenvalue weighted by atomic mass is 9.97.